The molecule has 0 atom stereocenters. The highest BCUT2D eigenvalue weighted by Gasteiger charge is 2.18. The van der Waals surface area contributed by atoms with Crippen molar-refractivity contribution >= 4 is 22.6 Å². The lowest BCUT2D eigenvalue weighted by Gasteiger charge is -2.21. The third-order valence-electron chi connectivity index (χ3n) is 4.83. The number of fused-ring (bicyclic) bond motifs is 1. The Morgan fingerprint density at radius 1 is 0.962 bits per heavy atom. The van der Waals surface area contributed by atoms with E-state index in [4.69, 9.17) is 14.2 Å². The molecule has 1 saturated carbocycles. The van der Waals surface area contributed by atoms with Crippen LogP contribution in [0.3, 0.4) is 0 Å². The second-order valence-corrected chi connectivity index (χ2v) is 7.25. The lowest BCUT2D eigenvalue weighted by atomic mass is 9.98. The van der Waals surface area contributed by atoms with Gasteiger partial charge in [0.2, 0.25) is 5.06 Å². The average Bonchev–Trinajstić information content (AvgIpc) is 3.10. The number of nitrogens with zero attached hydrogens (tertiary/aromatic N) is 2. The fourth-order valence-corrected chi connectivity index (χ4v) is 4.14. The van der Waals surface area contributed by atoms with Gasteiger partial charge in [-0.2, -0.15) is 4.37 Å². The molecule has 4 rings (SSSR count). The van der Waals surface area contributed by atoms with Gasteiger partial charge in [0.25, 0.3) is 0 Å². The van der Waals surface area contributed by atoms with Crippen LogP contribution in [0.25, 0.3) is 22.2 Å². The van der Waals surface area contributed by atoms with Crippen LogP contribution in [0.15, 0.2) is 30.5 Å². The molecular formula is C20H22N2O3S. The van der Waals surface area contributed by atoms with Crippen LogP contribution in [0.2, 0.25) is 0 Å². The summed E-state index contributed by atoms with van der Waals surface area (Å²) in [6.45, 7) is 0. The standard InChI is InChI=1S/C20H22N2O3S/c1-23-17-9-8-13(11-18(17)24-2)14-10-16-19(21-12-14)20(26-22-16)25-15-6-4-3-5-7-15/h8-12,15H,3-7H2,1-2H3. The first kappa shape index (κ1) is 17.1. The van der Waals surface area contributed by atoms with Crippen molar-refractivity contribution in [1.29, 1.82) is 0 Å². The summed E-state index contributed by atoms with van der Waals surface area (Å²) in [4.78, 5) is 4.63. The molecule has 0 aliphatic heterocycles. The average molecular weight is 370 g/mol. The van der Waals surface area contributed by atoms with E-state index in [-0.39, 0.29) is 0 Å². The van der Waals surface area contributed by atoms with Crippen molar-refractivity contribution < 1.29 is 14.2 Å². The Balaban J connectivity index is 1.62. The largest absolute Gasteiger partial charge is 0.493 e. The summed E-state index contributed by atoms with van der Waals surface area (Å²) in [6, 6.07) is 7.90. The van der Waals surface area contributed by atoms with Crippen LogP contribution in [-0.2, 0) is 0 Å². The molecule has 26 heavy (non-hydrogen) atoms. The highest BCUT2D eigenvalue weighted by atomic mass is 32.1. The molecule has 0 saturated heterocycles. The molecule has 3 aromatic rings. The zero-order valence-electron chi connectivity index (χ0n) is 15.0. The normalized spacial score (nSPS) is 15.2. The van der Waals surface area contributed by atoms with Crippen LogP contribution >= 0.6 is 11.5 Å². The number of ether oxygens (including phenoxy) is 3. The second kappa shape index (κ2) is 7.50. The van der Waals surface area contributed by atoms with Gasteiger partial charge in [0, 0.05) is 23.3 Å². The highest BCUT2D eigenvalue weighted by Crippen LogP contribution is 2.36. The number of rotatable bonds is 5. The molecule has 0 radical (unpaired) electrons. The van der Waals surface area contributed by atoms with Gasteiger partial charge in [-0.1, -0.05) is 12.5 Å². The molecule has 0 unspecified atom stereocenters. The first-order chi connectivity index (χ1) is 12.8. The van der Waals surface area contributed by atoms with E-state index in [1.165, 1.54) is 30.8 Å². The molecule has 1 aromatic carbocycles. The van der Waals surface area contributed by atoms with Gasteiger partial charge < -0.3 is 14.2 Å². The van der Waals surface area contributed by atoms with Gasteiger partial charge in [0.05, 0.1) is 20.3 Å². The van der Waals surface area contributed by atoms with Crippen LogP contribution in [0, 0.1) is 0 Å². The van der Waals surface area contributed by atoms with E-state index in [0.29, 0.717) is 17.6 Å². The third-order valence-corrected chi connectivity index (χ3v) is 5.57. The summed E-state index contributed by atoms with van der Waals surface area (Å²) in [6.07, 6.45) is 8.24. The minimum absolute atomic E-state index is 0.305. The molecule has 0 spiro atoms. The van der Waals surface area contributed by atoms with Crippen molar-refractivity contribution in [3.05, 3.63) is 30.5 Å². The smallest absolute Gasteiger partial charge is 0.220 e. The minimum Gasteiger partial charge on any atom is -0.493 e. The molecule has 0 bridgehead atoms. The van der Waals surface area contributed by atoms with E-state index < -0.39 is 0 Å². The van der Waals surface area contributed by atoms with Crippen LogP contribution in [-0.4, -0.2) is 29.7 Å². The third kappa shape index (κ3) is 3.33. The Morgan fingerprint density at radius 2 is 1.77 bits per heavy atom. The van der Waals surface area contributed by atoms with E-state index >= 15 is 0 Å². The monoisotopic (exact) mass is 370 g/mol. The SMILES string of the molecule is COc1ccc(-c2cnc3c(OC4CCCCC4)snc3c2)cc1OC. The fourth-order valence-electron chi connectivity index (χ4n) is 3.40. The molecule has 2 aromatic heterocycles. The molecule has 6 heteroatoms. The van der Waals surface area contributed by atoms with Gasteiger partial charge in [0.1, 0.15) is 11.0 Å². The van der Waals surface area contributed by atoms with E-state index in [0.717, 1.165) is 40.1 Å². The van der Waals surface area contributed by atoms with Crippen molar-refractivity contribution in [2.24, 2.45) is 0 Å². The second-order valence-electron chi connectivity index (χ2n) is 6.51. The predicted octanol–water partition coefficient (Wildman–Crippen LogP) is 5.09. The Kier molecular flexibility index (Phi) is 4.93. The molecular weight excluding hydrogens is 348 g/mol. The van der Waals surface area contributed by atoms with Crippen molar-refractivity contribution in [3.63, 3.8) is 0 Å². The molecule has 1 aliphatic carbocycles. The predicted molar refractivity (Wildman–Crippen MR) is 103 cm³/mol. The van der Waals surface area contributed by atoms with Crippen LogP contribution in [0.1, 0.15) is 32.1 Å². The molecule has 5 nitrogen and oxygen atoms in total. The number of benzene rings is 1. The number of pyridine rings is 1. The number of methoxy groups -OCH3 is 2. The number of hydrogen-bond acceptors (Lipinski definition) is 6. The fraction of sp³-hybridized carbons (Fsp3) is 0.400. The molecule has 0 N–H and O–H groups in total. The zero-order chi connectivity index (χ0) is 17.9. The Morgan fingerprint density at radius 3 is 2.54 bits per heavy atom. The van der Waals surface area contributed by atoms with Gasteiger partial charge in [-0.25, -0.2) is 4.98 Å². The van der Waals surface area contributed by atoms with E-state index in [9.17, 15) is 0 Å². The maximum absolute atomic E-state index is 6.18. The van der Waals surface area contributed by atoms with Gasteiger partial charge in [-0.3, -0.25) is 0 Å². The maximum Gasteiger partial charge on any atom is 0.220 e. The lowest BCUT2D eigenvalue weighted by molar-refractivity contribution is 0.161. The van der Waals surface area contributed by atoms with Gasteiger partial charge in [-0.15, -0.1) is 0 Å². The Hall–Kier alpha value is -2.34. The summed E-state index contributed by atoms with van der Waals surface area (Å²) in [5.74, 6) is 1.41. The van der Waals surface area contributed by atoms with Gasteiger partial charge >= 0.3 is 0 Å². The van der Waals surface area contributed by atoms with Crippen molar-refractivity contribution in [2.75, 3.05) is 14.2 Å². The lowest BCUT2D eigenvalue weighted by Crippen LogP contribution is -2.19. The maximum atomic E-state index is 6.18. The van der Waals surface area contributed by atoms with Crippen LogP contribution < -0.4 is 14.2 Å². The van der Waals surface area contributed by atoms with Crippen molar-refractivity contribution in [1.82, 2.24) is 9.36 Å². The Labute approximate surface area is 157 Å². The van der Waals surface area contributed by atoms with E-state index in [2.05, 4.69) is 9.36 Å². The summed E-state index contributed by atoms with van der Waals surface area (Å²) in [5.41, 5.74) is 3.73. The summed E-state index contributed by atoms with van der Waals surface area (Å²) >= 11 is 1.39. The highest BCUT2D eigenvalue weighted by molar-refractivity contribution is 7.09. The topological polar surface area (TPSA) is 53.5 Å². The molecule has 0 amide bonds. The molecule has 1 fully saturated rings. The number of aromatic nitrogens is 2. The summed E-state index contributed by atoms with van der Waals surface area (Å²) in [5, 5.41) is 0.839. The van der Waals surface area contributed by atoms with Crippen LogP contribution in [0.4, 0.5) is 0 Å². The van der Waals surface area contributed by atoms with E-state index in [1.54, 1.807) is 14.2 Å². The van der Waals surface area contributed by atoms with Gasteiger partial charge in [-0.05, 0) is 49.4 Å². The minimum atomic E-state index is 0.305. The van der Waals surface area contributed by atoms with Gasteiger partial charge in [0.15, 0.2) is 11.5 Å². The zero-order valence-corrected chi connectivity index (χ0v) is 15.8. The van der Waals surface area contributed by atoms with E-state index in [1.807, 2.05) is 30.5 Å². The van der Waals surface area contributed by atoms with Crippen LogP contribution in [0.5, 0.6) is 16.6 Å². The van der Waals surface area contributed by atoms with Crippen molar-refractivity contribution in [2.45, 2.75) is 38.2 Å². The summed E-state index contributed by atoms with van der Waals surface area (Å²) in [7, 11) is 3.27. The Bertz CT molecular complexity index is 903. The first-order valence-corrected chi connectivity index (χ1v) is 9.70. The summed E-state index contributed by atoms with van der Waals surface area (Å²) < 4.78 is 21.4. The molecule has 1 aliphatic rings. The van der Waals surface area contributed by atoms with Crippen molar-refractivity contribution in [3.8, 4) is 27.7 Å². The molecule has 2 heterocycles. The molecule has 136 valence electrons. The quantitative estimate of drug-likeness (QED) is 0.626. The first-order valence-electron chi connectivity index (χ1n) is 8.93. The number of hydrogen-bond donors (Lipinski definition) is 0.